The minimum atomic E-state index is -0.805. The summed E-state index contributed by atoms with van der Waals surface area (Å²) in [5, 5.41) is 0. The lowest BCUT2D eigenvalue weighted by Crippen LogP contribution is -2.19. The molecule has 0 fully saturated rings. The smallest absolute Gasteiger partial charge is 0.0719 e. The van der Waals surface area contributed by atoms with Gasteiger partial charge in [0.1, 0.15) is 0 Å². The maximum Gasteiger partial charge on any atom is 0.0719 e. The second-order valence-electron chi connectivity index (χ2n) is 3.72. The van der Waals surface area contributed by atoms with Gasteiger partial charge in [0.15, 0.2) is 0 Å². The van der Waals surface area contributed by atoms with Gasteiger partial charge in [0.05, 0.1) is 8.07 Å². The monoisotopic (exact) mass is 140 g/mol. The molecule has 0 saturated carbocycles. The van der Waals surface area contributed by atoms with E-state index in [1.807, 2.05) is 0 Å². The molecule has 1 rings (SSSR count). The number of hydrogen-bond donors (Lipinski definition) is 0. The summed E-state index contributed by atoms with van der Waals surface area (Å²) in [5.74, 6) is 0.923. The van der Waals surface area contributed by atoms with Crippen molar-refractivity contribution in [2.75, 3.05) is 0 Å². The molecule has 0 amide bonds. The Morgan fingerprint density at radius 2 is 2.22 bits per heavy atom. The first-order valence-electron chi connectivity index (χ1n) is 3.83. The van der Waals surface area contributed by atoms with Crippen LogP contribution in [0.15, 0.2) is 11.8 Å². The molecule has 52 valence electrons. The van der Waals surface area contributed by atoms with Crippen LogP contribution in [0.2, 0.25) is 19.1 Å². The van der Waals surface area contributed by atoms with Gasteiger partial charge in [-0.15, -0.1) is 0 Å². The first kappa shape index (κ1) is 7.07. The third kappa shape index (κ3) is 1.68. The van der Waals surface area contributed by atoms with Gasteiger partial charge in [0, 0.05) is 0 Å². The summed E-state index contributed by atoms with van der Waals surface area (Å²) >= 11 is 0. The van der Waals surface area contributed by atoms with Crippen molar-refractivity contribution in [3.05, 3.63) is 11.8 Å². The summed E-state index contributed by atoms with van der Waals surface area (Å²) in [6.45, 7) is 7.17. The van der Waals surface area contributed by atoms with Gasteiger partial charge in [0.25, 0.3) is 0 Å². The Morgan fingerprint density at radius 3 is 2.44 bits per heavy atom. The lowest BCUT2D eigenvalue weighted by molar-refractivity contribution is 0.700. The van der Waals surface area contributed by atoms with E-state index in [1.54, 1.807) is 0 Å². The van der Waals surface area contributed by atoms with Crippen LogP contribution in [0.5, 0.6) is 0 Å². The van der Waals surface area contributed by atoms with Gasteiger partial charge < -0.3 is 0 Å². The molecule has 0 bridgehead atoms. The van der Waals surface area contributed by atoms with E-state index in [-0.39, 0.29) is 0 Å². The van der Waals surface area contributed by atoms with E-state index in [0.717, 1.165) is 5.92 Å². The van der Waals surface area contributed by atoms with Crippen LogP contribution in [0.25, 0.3) is 0 Å². The van der Waals surface area contributed by atoms with E-state index in [2.05, 4.69) is 31.8 Å². The van der Waals surface area contributed by atoms with E-state index in [9.17, 15) is 0 Å². The summed E-state index contributed by atoms with van der Waals surface area (Å²) in [7, 11) is -0.805. The third-order valence-electron chi connectivity index (χ3n) is 2.13. The van der Waals surface area contributed by atoms with Gasteiger partial charge in [-0.05, 0) is 12.0 Å². The van der Waals surface area contributed by atoms with Gasteiger partial charge in [-0.2, -0.15) is 0 Å². The molecule has 1 aliphatic rings. The molecule has 1 heteroatoms. The zero-order chi connectivity index (χ0) is 6.91. The van der Waals surface area contributed by atoms with E-state index < -0.39 is 8.07 Å². The van der Waals surface area contributed by atoms with Crippen molar-refractivity contribution in [2.24, 2.45) is 5.92 Å². The molecule has 0 aromatic carbocycles. The highest BCUT2D eigenvalue weighted by Crippen LogP contribution is 2.28. The van der Waals surface area contributed by atoms with Gasteiger partial charge in [-0.3, -0.25) is 0 Å². The lowest BCUT2D eigenvalue weighted by Gasteiger charge is -2.13. The normalized spacial score (nSPS) is 31.2. The average molecular weight is 140 g/mol. The van der Waals surface area contributed by atoms with Crippen LogP contribution in [0.1, 0.15) is 13.3 Å². The molecular formula is C8H16Si. The zero-order valence-corrected chi connectivity index (χ0v) is 7.65. The minimum absolute atomic E-state index is 0.805. The topological polar surface area (TPSA) is 0 Å². The van der Waals surface area contributed by atoms with E-state index >= 15 is 0 Å². The fourth-order valence-electron chi connectivity index (χ4n) is 1.49. The summed E-state index contributed by atoms with van der Waals surface area (Å²) < 4.78 is 0. The van der Waals surface area contributed by atoms with Crippen molar-refractivity contribution < 1.29 is 0 Å². The van der Waals surface area contributed by atoms with Crippen LogP contribution in [0.4, 0.5) is 0 Å². The highest BCUT2D eigenvalue weighted by Gasteiger charge is 2.25. The van der Waals surface area contributed by atoms with Crippen molar-refractivity contribution in [2.45, 2.75) is 32.5 Å². The summed E-state index contributed by atoms with van der Waals surface area (Å²) in [6.07, 6.45) is 3.76. The van der Waals surface area contributed by atoms with Crippen LogP contribution in [-0.2, 0) is 0 Å². The molecule has 0 spiro atoms. The molecule has 0 nitrogen and oxygen atoms in total. The summed E-state index contributed by atoms with van der Waals surface area (Å²) in [6, 6.07) is 1.49. The quantitative estimate of drug-likeness (QED) is 0.491. The summed E-state index contributed by atoms with van der Waals surface area (Å²) in [4.78, 5) is 0. The number of hydrogen-bond acceptors (Lipinski definition) is 0. The Balaban J connectivity index is 2.50. The Hall–Kier alpha value is -0.0431. The van der Waals surface area contributed by atoms with E-state index in [1.165, 1.54) is 12.5 Å². The van der Waals surface area contributed by atoms with Gasteiger partial charge in [-0.1, -0.05) is 38.2 Å². The molecule has 9 heavy (non-hydrogen) atoms. The van der Waals surface area contributed by atoms with Gasteiger partial charge in [-0.25, -0.2) is 0 Å². The van der Waals surface area contributed by atoms with Crippen LogP contribution in [0, 0.1) is 5.92 Å². The Morgan fingerprint density at radius 1 is 1.56 bits per heavy atom. The second-order valence-corrected chi connectivity index (χ2v) is 8.44. The van der Waals surface area contributed by atoms with E-state index in [0.29, 0.717) is 0 Å². The predicted molar refractivity (Wildman–Crippen MR) is 45.2 cm³/mol. The Kier molecular flexibility index (Phi) is 1.80. The van der Waals surface area contributed by atoms with Crippen molar-refractivity contribution in [1.29, 1.82) is 0 Å². The first-order chi connectivity index (χ1) is 4.14. The average Bonchev–Trinajstić information content (AvgIpc) is 2.10. The fraction of sp³-hybridized carbons (Fsp3) is 0.750. The predicted octanol–water partition coefficient (Wildman–Crippen LogP) is 2.83. The zero-order valence-electron chi connectivity index (χ0n) is 6.65. The molecular weight excluding hydrogens is 124 g/mol. The van der Waals surface area contributed by atoms with Crippen LogP contribution < -0.4 is 0 Å². The highest BCUT2D eigenvalue weighted by atomic mass is 28.3. The molecule has 0 aliphatic carbocycles. The SMILES string of the molecule is CCC1C=C[Si](C)(C)C1. The Labute approximate surface area is 59.0 Å². The van der Waals surface area contributed by atoms with Crippen molar-refractivity contribution in [3.63, 3.8) is 0 Å². The molecule has 0 saturated heterocycles. The highest BCUT2D eigenvalue weighted by molar-refractivity contribution is 6.82. The van der Waals surface area contributed by atoms with Gasteiger partial charge >= 0.3 is 0 Å². The van der Waals surface area contributed by atoms with Crippen molar-refractivity contribution in [3.8, 4) is 0 Å². The second kappa shape index (κ2) is 2.29. The maximum atomic E-state index is 2.49. The first-order valence-corrected chi connectivity index (χ1v) is 7.12. The summed E-state index contributed by atoms with van der Waals surface area (Å²) in [5.41, 5.74) is 2.49. The van der Waals surface area contributed by atoms with Crippen LogP contribution in [0.3, 0.4) is 0 Å². The number of rotatable bonds is 1. The minimum Gasteiger partial charge on any atom is -0.0984 e. The number of allylic oxidation sites excluding steroid dienone is 1. The van der Waals surface area contributed by atoms with Gasteiger partial charge in [0.2, 0.25) is 0 Å². The maximum absolute atomic E-state index is 2.49. The molecule has 0 aromatic rings. The van der Waals surface area contributed by atoms with Crippen LogP contribution in [-0.4, -0.2) is 8.07 Å². The van der Waals surface area contributed by atoms with Crippen molar-refractivity contribution in [1.82, 2.24) is 0 Å². The molecule has 0 radical (unpaired) electrons. The largest absolute Gasteiger partial charge is 0.0984 e. The standard InChI is InChI=1S/C8H16Si/c1-4-8-5-6-9(2,3)7-8/h5-6,8H,4,7H2,1-3H3. The lowest BCUT2D eigenvalue weighted by atomic mass is 10.1. The molecule has 0 N–H and O–H groups in total. The molecule has 0 aromatic heterocycles. The van der Waals surface area contributed by atoms with Crippen LogP contribution >= 0.6 is 0 Å². The van der Waals surface area contributed by atoms with Crippen molar-refractivity contribution >= 4 is 8.07 Å². The molecule has 1 atom stereocenters. The molecule has 1 unspecified atom stereocenters. The molecule has 1 heterocycles. The fourth-order valence-corrected chi connectivity index (χ4v) is 4.19. The van der Waals surface area contributed by atoms with E-state index in [4.69, 9.17) is 0 Å². The third-order valence-corrected chi connectivity index (χ3v) is 4.80. The molecule has 1 aliphatic heterocycles. The Bertz CT molecular complexity index is 125.